The number of ketones is 1. The molecule has 3 aromatic rings. The molecule has 0 fully saturated rings. The third-order valence-corrected chi connectivity index (χ3v) is 4.99. The molecule has 4 N–H and O–H groups in total. The van der Waals surface area contributed by atoms with Crippen LogP contribution in [-0.2, 0) is 4.79 Å². The minimum absolute atomic E-state index is 0.0343. The predicted molar refractivity (Wildman–Crippen MR) is 120 cm³/mol. The Morgan fingerprint density at radius 2 is 2.00 bits per heavy atom. The van der Waals surface area contributed by atoms with Crippen LogP contribution in [0.4, 0.5) is 11.6 Å². The number of amides is 1. The van der Waals surface area contributed by atoms with Crippen molar-refractivity contribution in [3.8, 4) is 5.75 Å². The molecule has 0 unspecified atom stereocenters. The van der Waals surface area contributed by atoms with E-state index in [-0.39, 0.29) is 23.4 Å². The zero-order valence-corrected chi connectivity index (χ0v) is 17.7. The van der Waals surface area contributed by atoms with Crippen molar-refractivity contribution in [3.05, 3.63) is 59.7 Å². The van der Waals surface area contributed by atoms with Gasteiger partial charge in [0.2, 0.25) is 11.1 Å². The number of Topliss-reactive ketones (excluding diaryl/α,β-unsaturated/α-hetero) is 1. The van der Waals surface area contributed by atoms with Gasteiger partial charge >= 0.3 is 0 Å². The van der Waals surface area contributed by atoms with Crippen LogP contribution in [0.15, 0.2) is 58.8 Å². The maximum Gasteiger partial charge on any atom is 0.264 e. The number of nitrogens with zero attached hydrogens (tertiary/aromatic N) is 4. The van der Waals surface area contributed by atoms with Gasteiger partial charge in [-0.25, -0.2) is 10.1 Å². The highest BCUT2D eigenvalue weighted by molar-refractivity contribution is 7.99. The molecule has 0 aliphatic rings. The van der Waals surface area contributed by atoms with Crippen molar-refractivity contribution in [3.63, 3.8) is 0 Å². The van der Waals surface area contributed by atoms with Crippen LogP contribution in [0.1, 0.15) is 22.8 Å². The van der Waals surface area contributed by atoms with E-state index in [1.165, 1.54) is 11.6 Å². The summed E-state index contributed by atoms with van der Waals surface area (Å²) in [6.45, 7) is 1.49. The summed E-state index contributed by atoms with van der Waals surface area (Å²) in [5.41, 5.74) is 4.72. The van der Waals surface area contributed by atoms with Crippen LogP contribution in [0.25, 0.3) is 0 Å². The lowest BCUT2D eigenvalue weighted by Gasteiger charge is -2.06. The number of hydrogen-bond acceptors (Lipinski definition) is 9. The van der Waals surface area contributed by atoms with Gasteiger partial charge in [0.15, 0.2) is 5.78 Å². The molecule has 3 rings (SSSR count). The van der Waals surface area contributed by atoms with Gasteiger partial charge in [-0.05, 0) is 48.9 Å². The van der Waals surface area contributed by atoms with E-state index in [1.807, 2.05) is 24.3 Å². The maximum absolute atomic E-state index is 12.2. The molecule has 1 aromatic heterocycles. The third kappa shape index (κ3) is 6.06. The number of hydrogen-bond donors (Lipinski definition) is 3. The van der Waals surface area contributed by atoms with E-state index < -0.39 is 0 Å². The summed E-state index contributed by atoms with van der Waals surface area (Å²) in [5.74, 6) is 6.71. The molecule has 0 radical (unpaired) electrons. The molecule has 0 saturated heterocycles. The molecule has 2 aromatic carbocycles. The molecular weight excluding hydrogens is 418 g/mol. The van der Waals surface area contributed by atoms with Gasteiger partial charge in [0.25, 0.3) is 5.95 Å². The summed E-state index contributed by atoms with van der Waals surface area (Å²) in [7, 11) is 1.59. The second-order valence-electron chi connectivity index (χ2n) is 6.29. The van der Waals surface area contributed by atoms with Gasteiger partial charge in [0, 0.05) is 11.3 Å². The first-order valence-corrected chi connectivity index (χ1v) is 10.1. The number of hydrazone groups is 1. The van der Waals surface area contributed by atoms with E-state index in [9.17, 15) is 9.59 Å². The fourth-order valence-electron chi connectivity index (χ4n) is 2.45. The fraction of sp³-hybridized carbons (Fsp3) is 0.150. The topological polar surface area (TPSA) is 137 Å². The van der Waals surface area contributed by atoms with Crippen LogP contribution >= 0.6 is 11.8 Å². The number of thioether (sulfide) groups is 1. The van der Waals surface area contributed by atoms with Crippen LogP contribution in [0.5, 0.6) is 5.75 Å². The number of benzene rings is 2. The Morgan fingerprint density at radius 3 is 2.71 bits per heavy atom. The largest absolute Gasteiger partial charge is 0.497 e. The van der Waals surface area contributed by atoms with E-state index in [0.29, 0.717) is 16.4 Å². The summed E-state index contributed by atoms with van der Waals surface area (Å²) in [4.78, 5) is 23.5. The highest BCUT2D eigenvalue weighted by Gasteiger charge is 2.12. The van der Waals surface area contributed by atoms with Gasteiger partial charge < -0.3 is 15.9 Å². The van der Waals surface area contributed by atoms with Crippen LogP contribution in [0.2, 0.25) is 0 Å². The summed E-state index contributed by atoms with van der Waals surface area (Å²) in [6, 6.07) is 14.0. The molecule has 0 atom stereocenters. The molecule has 10 nitrogen and oxygen atoms in total. The number of nitrogen functional groups attached to an aromatic ring is 1. The van der Waals surface area contributed by atoms with E-state index in [1.54, 1.807) is 37.6 Å². The van der Waals surface area contributed by atoms with Crippen LogP contribution in [-0.4, -0.2) is 45.6 Å². The first-order chi connectivity index (χ1) is 15.0. The standard InChI is InChI=1S/C20H21N7O3S/c1-13(28)15-6-8-16(9-7-15)23-18(29)12-31-20-26-25-19(27(20)21)24-22-11-14-4-3-5-17(10-14)30-2/h3-11H,12,21H2,1-2H3,(H,23,29)(H,24,25)/b22-11+. The predicted octanol–water partition coefficient (Wildman–Crippen LogP) is 2.38. The number of carbonyl (C=O) groups is 2. The van der Waals surface area contributed by atoms with Gasteiger partial charge in [-0.2, -0.15) is 5.10 Å². The lowest BCUT2D eigenvalue weighted by molar-refractivity contribution is -0.113. The first-order valence-electron chi connectivity index (χ1n) is 9.13. The van der Waals surface area contributed by atoms with Crippen molar-refractivity contribution in [1.82, 2.24) is 14.9 Å². The van der Waals surface area contributed by atoms with Crippen molar-refractivity contribution in [1.29, 1.82) is 0 Å². The van der Waals surface area contributed by atoms with Crippen molar-refractivity contribution >= 4 is 41.3 Å². The third-order valence-electron chi connectivity index (χ3n) is 4.04. The number of carbonyl (C=O) groups excluding carboxylic acids is 2. The van der Waals surface area contributed by atoms with Crippen molar-refractivity contribution in [2.45, 2.75) is 12.1 Å². The number of aromatic nitrogens is 3. The molecule has 1 heterocycles. The van der Waals surface area contributed by atoms with Gasteiger partial charge in [0.1, 0.15) is 5.75 Å². The molecular formula is C20H21N7O3S. The number of nitrogens with two attached hydrogens (primary N) is 1. The fourth-order valence-corrected chi connectivity index (χ4v) is 3.11. The number of rotatable bonds is 9. The molecule has 11 heteroatoms. The minimum atomic E-state index is -0.242. The first kappa shape index (κ1) is 21.8. The Hall–Kier alpha value is -3.86. The Kier molecular flexibility index (Phi) is 7.22. The zero-order chi connectivity index (χ0) is 22.2. The number of methoxy groups -OCH3 is 1. The van der Waals surface area contributed by atoms with E-state index >= 15 is 0 Å². The molecule has 0 spiro atoms. The molecule has 0 saturated carbocycles. The molecule has 0 bridgehead atoms. The highest BCUT2D eigenvalue weighted by atomic mass is 32.2. The van der Waals surface area contributed by atoms with E-state index in [4.69, 9.17) is 10.6 Å². The van der Waals surface area contributed by atoms with Gasteiger partial charge in [-0.15, -0.1) is 10.2 Å². The van der Waals surface area contributed by atoms with Crippen molar-refractivity contribution < 1.29 is 14.3 Å². The minimum Gasteiger partial charge on any atom is -0.497 e. The SMILES string of the molecule is COc1cccc(/C=N/Nc2nnc(SCC(=O)Nc3ccc(C(C)=O)cc3)n2N)c1. The average molecular weight is 440 g/mol. The van der Waals surface area contributed by atoms with Gasteiger partial charge in [-0.3, -0.25) is 9.59 Å². The quantitative estimate of drug-likeness (QED) is 0.152. The summed E-state index contributed by atoms with van der Waals surface area (Å²) in [5, 5.41) is 15.1. The Labute approximate surface area is 182 Å². The Morgan fingerprint density at radius 1 is 1.23 bits per heavy atom. The molecule has 1 amide bonds. The van der Waals surface area contributed by atoms with Crippen LogP contribution < -0.4 is 21.3 Å². The zero-order valence-electron chi connectivity index (χ0n) is 16.9. The smallest absolute Gasteiger partial charge is 0.264 e. The number of ether oxygens (including phenoxy) is 1. The monoisotopic (exact) mass is 439 g/mol. The number of anilines is 2. The molecule has 160 valence electrons. The summed E-state index contributed by atoms with van der Waals surface area (Å²) < 4.78 is 6.37. The van der Waals surface area contributed by atoms with Crippen LogP contribution in [0, 0.1) is 0 Å². The Bertz CT molecular complexity index is 1100. The number of nitrogens with one attached hydrogen (secondary N) is 2. The van der Waals surface area contributed by atoms with Crippen molar-refractivity contribution in [2.24, 2.45) is 5.10 Å². The highest BCUT2D eigenvalue weighted by Crippen LogP contribution is 2.18. The maximum atomic E-state index is 12.2. The second-order valence-corrected chi connectivity index (χ2v) is 7.24. The average Bonchev–Trinajstić information content (AvgIpc) is 3.12. The summed E-state index contributed by atoms with van der Waals surface area (Å²) in [6.07, 6.45) is 1.59. The van der Waals surface area contributed by atoms with Crippen molar-refractivity contribution in [2.75, 3.05) is 29.4 Å². The molecule has 0 aliphatic heterocycles. The second kappa shape index (κ2) is 10.3. The van der Waals surface area contributed by atoms with Gasteiger partial charge in [0.05, 0.1) is 19.1 Å². The summed E-state index contributed by atoms with van der Waals surface area (Å²) >= 11 is 1.13. The van der Waals surface area contributed by atoms with E-state index in [2.05, 4.69) is 26.0 Å². The molecule has 0 aliphatic carbocycles. The normalized spacial score (nSPS) is 10.8. The van der Waals surface area contributed by atoms with Gasteiger partial charge in [-0.1, -0.05) is 23.9 Å². The van der Waals surface area contributed by atoms with E-state index in [0.717, 1.165) is 23.1 Å². The lowest BCUT2D eigenvalue weighted by Crippen LogP contribution is -2.17. The lowest BCUT2D eigenvalue weighted by atomic mass is 10.1. The Balaban J connectivity index is 1.52. The van der Waals surface area contributed by atoms with Crippen LogP contribution in [0.3, 0.4) is 0 Å². The molecule has 31 heavy (non-hydrogen) atoms.